The average Bonchev–Trinajstić information content (AvgIpc) is 2.56. The van der Waals surface area contributed by atoms with Crippen LogP contribution in [0, 0.1) is 6.92 Å². The fraction of sp³-hybridized carbons (Fsp3) is 0.350. The van der Waals surface area contributed by atoms with Crippen molar-refractivity contribution in [3.05, 3.63) is 65.7 Å². The number of nitrogens with one attached hydrogen (secondary N) is 1. The molecule has 2 aromatic carbocycles. The summed E-state index contributed by atoms with van der Waals surface area (Å²) in [5, 5.41) is 3.09. The minimum absolute atomic E-state index is 0.144. The Morgan fingerprint density at radius 1 is 1.09 bits per heavy atom. The molecule has 0 heterocycles. The Hall–Kier alpha value is -1.74. The highest BCUT2D eigenvalue weighted by Crippen LogP contribution is 2.19. The fourth-order valence-electron chi connectivity index (χ4n) is 2.34. The van der Waals surface area contributed by atoms with Crippen LogP contribution in [-0.2, 0) is 11.2 Å². The second-order valence-corrected chi connectivity index (χ2v) is 7.07. The maximum absolute atomic E-state index is 12.0. The maximum Gasteiger partial charge on any atom is 0.221 e. The first-order valence-electron chi connectivity index (χ1n) is 8.16. The first-order valence-corrected chi connectivity index (χ1v) is 9.15. The van der Waals surface area contributed by atoms with Gasteiger partial charge in [0.25, 0.3) is 0 Å². The van der Waals surface area contributed by atoms with Gasteiger partial charge in [0.05, 0.1) is 0 Å². The molecule has 0 bridgehead atoms. The van der Waals surface area contributed by atoms with Crippen LogP contribution in [0.4, 0.5) is 0 Å². The van der Waals surface area contributed by atoms with Crippen molar-refractivity contribution in [1.29, 1.82) is 0 Å². The summed E-state index contributed by atoms with van der Waals surface area (Å²) in [5.74, 6) is 0.963. The molecular formula is C20H25NOS. The van der Waals surface area contributed by atoms with E-state index in [4.69, 9.17) is 0 Å². The number of carbonyl (C=O) groups excluding carboxylic acids is 1. The van der Waals surface area contributed by atoms with Gasteiger partial charge in [0, 0.05) is 23.1 Å². The molecule has 2 aromatic rings. The van der Waals surface area contributed by atoms with Gasteiger partial charge < -0.3 is 5.32 Å². The summed E-state index contributed by atoms with van der Waals surface area (Å²) in [6, 6.07) is 19.1. The molecule has 0 aromatic heterocycles. The van der Waals surface area contributed by atoms with Gasteiger partial charge in [0.15, 0.2) is 0 Å². The number of aryl methyl sites for hydroxylation is 2. The van der Waals surface area contributed by atoms with Crippen LogP contribution in [0.25, 0.3) is 0 Å². The number of carbonyl (C=O) groups is 1. The Kier molecular flexibility index (Phi) is 7.21. The molecule has 0 aliphatic carbocycles. The zero-order valence-electron chi connectivity index (χ0n) is 13.9. The highest BCUT2D eigenvalue weighted by Gasteiger charge is 2.07. The van der Waals surface area contributed by atoms with E-state index in [2.05, 4.69) is 67.7 Å². The summed E-state index contributed by atoms with van der Waals surface area (Å²) < 4.78 is 0. The molecular weight excluding hydrogens is 302 g/mol. The summed E-state index contributed by atoms with van der Waals surface area (Å²) in [6.07, 6.45) is 2.54. The number of amides is 1. The predicted octanol–water partition coefficient (Wildman–Crippen LogP) is 4.61. The molecule has 122 valence electrons. The van der Waals surface area contributed by atoms with E-state index in [9.17, 15) is 4.79 Å². The number of hydrogen-bond donors (Lipinski definition) is 1. The van der Waals surface area contributed by atoms with Crippen LogP contribution < -0.4 is 5.32 Å². The average molecular weight is 327 g/mol. The van der Waals surface area contributed by atoms with Gasteiger partial charge in [-0.1, -0.05) is 48.0 Å². The lowest BCUT2D eigenvalue weighted by atomic mass is 10.1. The monoisotopic (exact) mass is 327 g/mol. The van der Waals surface area contributed by atoms with Crippen molar-refractivity contribution >= 4 is 17.7 Å². The highest BCUT2D eigenvalue weighted by atomic mass is 32.2. The smallest absolute Gasteiger partial charge is 0.221 e. The van der Waals surface area contributed by atoms with E-state index >= 15 is 0 Å². The third-order valence-electron chi connectivity index (χ3n) is 3.74. The molecule has 2 rings (SSSR count). The van der Waals surface area contributed by atoms with Gasteiger partial charge >= 0.3 is 0 Å². The van der Waals surface area contributed by atoms with E-state index < -0.39 is 0 Å². The minimum Gasteiger partial charge on any atom is -0.354 e. The molecule has 2 nitrogen and oxygen atoms in total. The lowest BCUT2D eigenvalue weighted by molar-refractivity contribution is -0.121. The molecule has 0 aliphatic heterocycles. The molecule has 0 saturated carbocycles. The zero-order chi connectivity index (χ0) is 16.5. The van der Waals surface area contributed by atoms with Gasteiger partial charge in [0.2, 0.25) is 5.91 Å². The molecule has 0 unspecified atom stereocenters. The number of benzene rings is 2. The second kappa shape index (κ2) is 9.41. The second-order valence-electron chi connectivity index (χ2n) is 5.90. The highest BCUT2D eigenvalue weighted by molar-refractivity contribution is 7.99. The van der Waals surface area contributed by atoms with Crippen molar-refractivity contribution < 1.29 is 4.79 Å². The first-order chi connectivity index (χ1) is 11.1. The molecule has 0 saturated heterocycles. The zero-order valence-corrected chi connectivity index (χ0v) is 14.7. The van der Waals surface area contributed by atoms with Crippen molar-refractivity contribution in [3.63, 3.8) is 0 Å². The van der Waals surface area contributed by atoms with Crippen LogP contribution in [0.2, 0.25) is 0 Å². The molecule has 3 heteroatoms. The molecule has 0 fully saturated rings. The van der Waals surface area contributed by atoms with Crippen molar-refractivity contribution in [2.75, 3.05) is 5.75 Å². The fourth-order valence-corrected chi connectivity index (χ4v) is 3.19. The quantitative estimate of drug-likeness (QED) is 0.717. The summed E-state index contributed by atoms with van der Waals surface area (Å²) >= 11 is 1.73. The standard InChI is InChI=1S/C20H25NOS/c1-16-8-12-19(13-9-16)23-15-14-20(22)21-17(2)10-11-18-6-4-3-5-7-18/h3-9,12-13,17H,10-11,14-15H2,1-2H3,(H,21,22)/t17-/m1/s1. The molecule has 0 radical (unpaired) electrons. The Balaban J connectivity index is 1.63. The molecule has 23 heavy (non-hydrogen) atoms. The number of rotatable bonds is 8. The van der Waals surface area contributed by atoms with E-state index in [0.717, 1.165) is 18.6 Å². The Morgan fingerprint density at radius 3 is 2.48 bits per heavy atom. The topological polar surface area (TPSA) is 29.1 Å². The van der Waals surface area contributed by atoms with Crippen LogP contribution in [-0.4, -0.2) is 17.7 Å². The lowest BCUT2D eigenvalue weighted by Crippen LogP contribution is -2.33. The maximum atomic E-state index is 12.0. The lowest BCUT2D eigenvalue weighted by Gasteiger charge is -2.14. The van der Waals surface area contributed by atoms with E-state index in [1.54, 1.807) is 11.8 Å². The van der Waals surface area contributed by atoms with Crippen LogP contribution in [0.1, 0.15) is 30.9 Å². The SMILES string of the molecule is Cc1ccc(SCCC(=O)N[C@H](C)CCc2ccccc2)cc1. The van der Waals surface area contributed by atoms with Crippen LogP contribution >= 0.6 is 11.8 Å². The van der Waals surface area contributed by atoms with Gasteiger partial charge in [-0.3, -0.25) is 4.79 Å². The van der Waals surface area contributed by atoms with Crippen molar-refractivity contribution in [1.82, 2.24) is 5.32 Å². The third kappa shape index (κ3) is 6.91. The van der Waals surface area contributed by atoms with Gasteiger partial charge in [-0.15, -0.1) is 11.8 Å². The normalized spacial score (nSPS) is 11.9. The molecule has 0 aliphatic rings. The van der Waals surface area contributed by atoms with Crippen LogP contribution in [0.5, 0.6) is 0 Å². The Morgan fingerprint density at radius 2 is 1.78 bits per heavy atom. The summed E-state index contributed by atoms with van der Waals surface area (Å²) in [6.45, 7) is 4.16. The molecule has 1 amide bonds. The third-order valence-corrected chi connectivity index (χ3v) is 4.75. The number of thioether (sulfide) groups is 1. The van der Waals surface area contributed by atoms with Crippen LogP contribution in [0.15, 0.2) is 59.5 Å². The first kappa shape index (κ1) is 17.6. The molecule has 1 atom stereocenters. The summed E-state index contributed by atoms with van der Waals surface area (Å²) in [7, 11) is 0. The van der Waals surface area contributed by atoms with E-state index in [-0.39, 0.29) is 11.9 Å². The summed E-state index contributed by atoms with van der Waals surface area (Å²) in [5.41, 5.74) is 2.59. The molecule has 1 N–H and O–H groups in total. The molecule has 0 spiro atoms. The van der Waals surface area contributed by atoms with E-state index in [1.807, 2.05) is 6.07 Å². The van der Waals surface area contributed by atoms with Crippen molar-refractivity contribution in [3.8, 4) is 0 Å². The Bertz CT molecular complexity index is 595. The van der Waals surface area contributed by atoms with Crippen molar-refractivity contribution in [2.45, 2.75) is 44.0 Å². The van der Waals surface area contributed by atoms with Crippen LogP contribution in [0.3, 0.4) is 0 Å². The summed E-state index contributed by atoms with van der Waals surface area (Å²) in [4.78, 5) is 13.2. The van der Waals surface area contributed by atoms with E-state index in [0.29, 0.717) is 6.42 Å². The van der Waals surface area contributed by atoms with E-state index in [1.165, 1.54) is 16.0 Å². The van der Waals surface area contributed by atoms with Gasteiger partial charge in [-0.2, -0.15) is 0 Å². The Labute approximate surface area is 143 Å². The van der Waals surface area contributed by atoms with Gasteiger partial charge in [-0.25, -0.2) is 0 Å². The largest absolute Gasteiger partial charge is 0.354 e. The van der Waals surface area contributed by atoms with Gasteiger partial charge in [-0.05, 0) is 44.4 Å². The predicted molar refractivity (Wildman–Crippen MR) is 98.9 cm³/mol. The van der Waals surface area contributed by atoms with Crippen molar-refractivity contribution in [2.24, 2.45) is 0 Å². The number of hydrogen-bond acceptors (Lipinski definition) is 2. The minimum atomic E-state index is 0.144. The van der Waals surface area contributed by atoms with Gasteiger partial charge in [0.1, 0.15) is 0 Å².